The number of rotatable bonds is 6. The van der Waals surface area contributed by atoms with Crippen molar-refractivity contribution in [2.75, 3.05) is 33.4 Å². The standard InChI is InChI=1S/C13H22N2O4/c1-3-15(9-4-5-9)12(16)6-14(2)11-8-19-7-10(11)13(17)18/h9-11H,3-8H2,1-2H3,(H,17,18). The van der Waals surface area contributed by atoms with Crippen LogP contribution >= 0.6 is 0 Å². The van der Waals surface area contributed by atoms with Crippen molar-refractivity contribution in [2.45, 2.75) is 31.8 Å². The molecule has 6 nitrogen and oxygen atoms in total. The highest BCUT2D eigenvalue weighted by Gasteiger charge is 2.38. The van der Waals surface area contributed by atoms with Crippen LogP contribution in [0.1, 0.15) is 19.8 Å². The van der Waals surface area contributed by atoms with E-state index in [4.69, 9.17) is 9.84 Å². The number of carbonyl (C=O) groups is 2. The van der Waals surface area contributed by atoms with Gasteiger partial charge in [0.15, 0.2) is 0 Å². The summed E-state index contributed by atoms with van der Waals surface area (Å²) < 4.78 is 5.23. The molecule has 2 fully saturated rings. The van der Waals surface area contributed by atoms with Gasteiger partial charge in [-0.25, -0.2) is 0 Å². The van der Waals surface area contributed by atoms with E-state index in [1.165, 1.54) is 0 Å². The lowest BCUT2D eigenvalue weighted by molar-refractivity contribution is -0.144. The third kappa shape index (κ3) is 3.25. The zero-order chi connectivity index (χ0) is 14.0. The summed E-state index contributed by atoms with van der Waals surface area (Å²) in [5.41, 5.74) is 0. The van der Waals surface area contributed by atoms with Crippen LogP contribution in [0.3, 0.4) is 0 Å². The summed E-state index contributed by atoms with van der Waals surface area (Å²) in [6.07, 6.45) is 2.18. The number of carbonyl (C=O) groups excluding carboxylic acids is 1. The highest BCUT2D eigenvalue weighted by molar-refractivity contribution is 5.79. The predicted molar refractivity (Wildman–Crippen MR) is 68.8 cm³/mol. The van der Waals surface area contributed by atoms with Crippen molar-refractivity contribution in [3.8, 4) is 0 Å². The molecule has 0 bridgehead atoms. The second kappa shape index (κ2) is 5.88. The fourth-order valence-electron chi connectivity index (χ4n) is 2.66. The van der Waals surface area contributed by atoms with Crippen LogP contribution in [-0.2, 0) is 14.3 Å². The molecule has 0 spiro atoms. The molecule has 1 saturated heterocycles. The quantitative estimate of drug-likeness (QED) is 0.737. The first-order valence-corrected chi connectivity index (χ1v) is 6.84. The molecule has 1 aliphatic heterocycles. The summed E-state index contributed by atoms with van der Waals surface area (Å²) >= 11 is 0. The molecule has 2 rings (SSSR count). The Morgan fingerprint density at radius 3 is 2.53 bits per heavy atom. The van der Waals surface area contributed by atoms with E-state index in [2.05, 4.69) is 0 Å². The molecular weight excluding hydrogens is 248 g/mol. The summed E-state index contributed by atoms with van der Waals surface area (Å²) in [6, 6.07) is 0.195. The number of amides is 1. The number of likely N-dealkylation sites (N-methyl/N-ethyl adjacent to an activating group) is 2. The summed E-state index contributed by atoms with van der Waals surface area (Å²) in [6.45, 7) is 3.59. The van der Waals surface area contributed by atoms with E-state index in [1.807, 2.05) is 16.7 Å². The van der Waals surface area contributed by atoms with Gasteiger partial charge in [-0.3, -0.25) is 14.5 Å². The zero-order valence-electron chi connectivity index (χ0n) is 11.5. The first-order chi connectivity index (χ1) is 9.04. The smallest absolute Gasteiger partial charge is 0.310 e. The second-order valence-corrected chi connectivity index (χ2v) is 5.38. The first-order valence-electron chi connectivity index (χ1n) is 6.84. The van der Waals surface area contributed by atoms with Gasteiger partial charge in [0.2, 0.25) is 5.91 Å². The molecule has 19 heavy (non-hydrogen) atoms. The van der Waals surface area contributed by atoms with E-state index in [0.717, 1.165) is 19.4 Å². The van der Waals surface area contributed by atoms with Gasteiger partial charge in [-0.2, -0.15) is 0 Å². The van der Waals surface area contributed by atoms with E-state index in [9.17, 15) is 9.59 Å². The minimum absolute atomic E-state index is 0.0866. The molecule has 1 heterocycles. The van der Waals surface area contributed by atoms with Crippen molar-refractivity contribution >= 4 is 11.9 Å². The molecule has 2 atom stereocenters. The number of ether oxygens (including phenoxy) is 1. The molecule has 0 aromatic carbocycles. The molecule has 1 N–H and O–H groups in total. The van der Waals surface area contributed by atoms with Gasteiger partial charge in [0.05, 0.1) is 25.7 Å². The van der Waals surface area contributed by atoms with Crippen molar-refractivity contribution in [1.82, 2.24) is 9.80 Å². The van der Waals surface area contributed by atoms with Crippen LogP contribution in [0.2, 0.25) is 0 Å². The number of aliphatic carboxylic acids is 1. The van der Waals surface area contributed by atoms with Gasteiger partial charge in [-0.1, -0.05) is 0 Å². The van der Waals surface area contributed by atoms with Gasteiger partial charge in [-0.05, 0) is 26.8 Å². The molecule has 2 aliphatic rings. The zero-order valence-corrected chi connectivity index (χ0v) is 11.5. The van der Waals surface area contributed by atoms with Crippen LogP contribution in [0.25, 0.3) is 0 Å². The molecule has 2 unspecified atom stereocenters. The van der Waals surface area contributed by atoms with E-state index in [1.54, 1.807) is 7.05 Å². The van der Waals surface area contributed by atoms with Gasteiger partial charge in [0.25, 0.3) is 0 Å². The van der Waals surface area contributed by atoms with Crippen LogP contribution in [0.4, 0.5) is 0 Å². The van der Waals surface area contributed by atoms with Gasteiger partial charge < -0.3 is 14.7 Å². The first kappa shape index (κ1) is 14.3. The van der Waals surface area contributed by atoms with Gasteiger partial charge >= 0.3 is 5.97 Å². The van der Waals surface area contributed by atoms with Crippen molar-refractivity contribution in [3.63, 3.8) is 0 Å². The highest BCUT2D eigenvalue weighted by Crippen LogP contribution is 2.27. The topological polar surface area (TPSA) is 70.1 Å². The maximum Gasteiger partial charge on any atom is 0.310 e. The lowest BCUT2D eigenvalue weighted by Crippen LogP contribution is -2.47. The molecule has 1 amide bonds. The molecule has 0 aromatic rings. The Morgan fingerprint density at radius 2 is 2.00 bits per heavy atom. The van der Waals surface area contributed by atoms with Crippen molar-refractivity contribution in [3.05, 3.63) is 0 Å². The van der Waals surface area contributed by atoms with Crippen LogP contribution in [-0.4, -0.2) is 72.2 Å². The second-order valence-electron chi connectivity index (χ2n) is 5.38. The molecule has 0 aromatic heterocycles. The van der Waals surface area contributed by atoms with Crippen molar-refractivity contribution in [1.29, 1.82) is 0 Å². The monoisotopic (exact) mass is 270 g/mol. The highest BCUT2D eigenvalue weighted by atomic mass is 16.5. The van der Waals surface area contributed by atoms with Crippen LogP contribution in [0.5, 0.6) is 0 Å². The van der Waals surface area contributed by atoms with Crippen LogP contribution < -0.4 is 0 Å². The summed E-state index contributed by atoms with van der Waals surface area (Å²) in [7, 11) is 1.80. The Hall–Kier alpha value is -1.14. The number of nitrogens with zero attached hydrogens (tertiary/aromatic N) is 2. The molecule has 1 saturated carbocycles. The Labute approximate surface area is 113 Å². The fraction of sp³-hybridized carbons (Fsp3) is 0.846. The lowest BCUT2D eigenvalue weighted by atomic mass is 10.0. The van der Waals surface area contributed by atoms with E-state index in [0.29, 0.717) is 12.6 Å². The molecule has 108 valence electrons. The predicted octanol–water partition coefficient (Wildman–Crippen LogP) is 0.0287. The fourth-order valence-corrected chi connectivity index (χ4v) is 2.66. The summed E-state index contributed by atoms with van der Waals surface area (Å²) in [4.78, 5) is 27.0. The van der Waals surface area contributed by atoms with Crippen molar-refractivity contribution in [2.24, 2.45) is 5.92 Å². The molecular formula is C13H22N2O4. The minimum atomic E-state index is -0.851. The maximum absolute atomic E-state index is 12.2. The SMILES string of the molecule is CCN(C(=O)CN(C)C1COCC1C(=O)O)C1CC1. The van der Waals surface area contributed by atoms with Gasteiger partial charge in [-0.15, -0.1) is 0 Å². The summed E-state index contributed by atoms with van der Waals surface area (Å²) in [5, 5.41) is 9.12. The summed E-state index contributed by atoms with van der Waals surface area (Å²) in [5.74, 6) is -1.30. The Bertz CT molecular complexity index is 357. The van der Waals surface area contributed by atoms with Gasteiger partial charge in [0.1, 0.15) is 0 Å². The van der Waals surface area contributed by atoms with Crippen LogP contribution in [0, 0.1) is 5.92 Å². The van der Waals surface area contributed by atoms with Crippen molar-refractivity contribution < 1.29 is 19.4 Å². The maximum atomic E-state index is 12.2. The van der Waals surface area contributed by atoms with Gasteiger partial charge in [0, 0.05) is 18.6 Å². The molecule has 1 aliphatic carbocycles. The third-order valence-corrected chi connectivity index (χ3v) is 3.97. The lowest BCUT2D eigenvalue weighted by Gasteiger charge is -2.28. The van der Waals surface area contributed by atoms with Crippen LogP contribution in [0.15, 0.2) is 0 Å². The number of carboxylic acids is 1. The Kier molecular flexibility index (Phi) is 4.42. The molecule has 6 heteroatoms. The Balaban J connectivity index is 1.90. The third-order valence-electron chi connectivity index (χ3n) is 3.97. The Morgan fingerprint density at radius 1 is 1.32 bits per heavy atom. The number of carboxylic acid groups (broad SMARTS) is 1. The van der Waals surface area contributed by atoms with E-state index >= 15 is 0 Å². The number of hydrogen-bond acceptors (Lipinski definition) is 4. The largest absolute Gasteiger partial charge is 0.481 e. The average Bonchev–Trinajstić information content (AvgIpc) is 3.05. The number of hydrogen-bond donors (Lipinski definition) is 1. The minimum Gasteiger partial charge on any atom is -0.481 e. The average molecular weight is 270 g/mol. The molecule has 0 radical (unpaired) electrons. The van der Waals surface area contributed by atoms with E-state index < -0.39 is 11.9 Å². The normalized spacial score (nSPS) is 26.7. The van der Waals surface area contributed by atoms with E-state index in [-0.39, 0.29) is 25.1 Å².